The van der Waals surface area contributed by atoms with Gasteiger partial charge in [-0.05, 0) is 60.5 Å². The van der Waals surface area contributed by atoms with Gasteiger partial charge in [0.25, 0.3) is 0 Å². The number of carbonyl (C=O) groups is 2. The molecule has 0 saturated heterocycles. The fourth-order valence-corrected chi connectivity index (χ4v) is 4.98. The molecule has 0 aliphatic carbocycles. The van der Waals surface area contributed by atoms with E-state index in [-0.39, 0.29) is 24.1 Å². The van der Waals surface area contributed by atoms with Crippen molar-refractivity contribution in [3.8, 4) is 11.5 Å². The van der Waals surface area contributed by atoms with Crippen LogP contribution < -0.4 is 9.47 Å². The smallest absolute Gasteiger partial charge is 0.479 e. The number of ketones is 1. The van der Waals surface area contributed by atoms with Crippen molar-refractivity contribution in [3.05, 3.63) is 94.1 Å². The van der Waals surface area contributed by atoms with Gasteiger partial charge in [-0.3, -0.25) is 4.79 Å². The van der Waals surface area contributed by atoms with Crippen molar-refractivity contribution < 1.29 is 37.3 Å². The van der Waals surface area contributed by atoms with Crippen molar-refractivity contribution >= 4 is 50.2 Å². The number of alkyl halides is 4. The molecular weight excluding hydrogens is 603 g/mol. The Balaban J connectivity index is 1.84. The van der Waals surface area contributed by atoms with E-state index in [0.29, 0.717) is 44.1 Å². The Bertz CT molecular complexity index is 1520. The van der Waals surface area contributed by atoms with E-state index in [4.69, 9.17) is 16.3 Å². The average molecular weight is 625 g/mol. The van der Waals surface area contributed by atoms with Crippen LogP contribution in [0, 0.1) is 0 Å². The number of hydrogen-bond donors (Lipinski definition) is 1. The number of carboxylic acid groups (broad SMARTS) is 1. The van der Waals surface area contributed by atoms with E-state index in [1.807, 2.05) is 0 Å². The summed E-state index contributed by atoms with van der Waals surface area (Å²) in [6.45, 7) is 1.85. The molecule has 204 valence electrons. The first-order valence-electron chi connectivity index (χ1n) is 11.8. The molecule has 0 saturated carbocycles. The molecule has 39 heavy (non-hydrogen) atoms. The maximum absolute atomic E-state index is 13.6. The van der Waals surface area contributed by atoms with Crippen LogP contribution in [0.5, 0.6) is 11.5 Å². The van der Waals surface area contributed by atoms with Gasteiger partial charge in [0.05, 0.1) is 11.1 Å². The zero-order valence-electron chi connectivity index (χ0n) is 20.5. The SMILES string of the molecule is CCC(Oc1cccc(Cn2c(CBr)c(C(=O)c3ccc(Cl)cc3)c3ccc(OC(F)(F)F)cc32)c1)C(=O)O. The number of rotatable bonds is 10. The first-order valence-corrected chi connectivity index (χ1v) is 13.3. The molecule has 1 N–H and O–H groups in total. The van der Waals surface area contributed by atoms with Gasteiger partial charge >= 0.3 is 12.3 Å². The number of aliphatic carboxylic acids is 1. The van der Waals surface area contributed by atoms with Gasteiger partial charge in [0, 0.05) is 39.6 Å². The second-order valence-corrected chi connectivity index (χ2v) is 9.60. The molecule has 0 aliphatic heterocycles. The highest BCUT2D eigenvalue weighted by Crippen LogP contribution is 2.35. The highest BCUT2D eigenvalue weighted by molar-refractivity contribution is 9.08. The number of aromatic nitrogens is 1. The van der Waals surface area contributed by atoms with Crippen LogP contribution in [0.15, 0.2) is 66.7 Å². The summed E-state index contributed by atoms with van der Waals surface area (Å²) in [5.41, 5.74) is 2.27. The van der Waals surface area contributed by atoms with Gasteiger partial charge in [-0.15, -0.1) is 13.2 Å². The lowest BCUT2D eigenvalue weighted by Gasteiger charge is -2.15. The summed E-state index contributed by atoms with van der Waals surface area (Å²) in [7, 11) is 0. The normalized spacial score (nSPS) is 12.4. The lowest BCUT2D eigenvalue weighted by molar-refractivity contribution is -0.274. The number of hydrogen-bond acceptors (Lipinski definition) is 4. The lowest BCUT2D eigenvalue weighted by Crippen LogP contribution is -2.25. The number of carbonyl (C=O) groups excluding carboxylic acids is 1. The molecule has 0 spiro atoms. The number of nitrogens with zero attached hydrogens (tertiary/aromatic N) is 1. The molecule has 1 aromatic heterocycles. The van der Waals surface area contributed by atoms with Crippen molar-refractivity contribution in [3.63, 3.8) is 0 Å². The fourth-order valence-electron chi connectivity index (χ4n) is 4.27. The highest BCUT2D eigenvalue weighted by atomic mass is 79.9. The monoisotopic (exact) mass is 623 g/mol. The number of ether oxygens (including phenoxy) is 2. The molecule has 11 heteroatoms. The maximum atomic E-state index is 13.6. The Kier molecular flexibility index (Phi) is 8.56. The van der Waals surface area contributed by atoms with Gasteiger partial charge < -0.3 is 19.1 Å². The second-order valence-electron chi connectivity index (χ2n) is 8.60. The van der Waals surface area contributed by atoms with Crippen molar-refractivity contribution in [1.82, 2.24) is 4.57 Å². The quantitative estimate of drug-likeness (QED) is 0.145. The number of halogens is 5. The minimum Gasteiger partial charge on any atom is -0.479 e. The third-order valence-corrected chi connectivity index (χ3v) is 6.78. The molecule has 4 rings (SSSR count). The van der Waals surface area contributed by atoms with Crippen LogP contribution in [0.4, 0.5) is 13.2 Å². The number of benzene rings is 3. The van der Waals surface area contributed by atoms with E-state index in [2.05, 4.69) is 20.7 Å². The van der Waals surface area contributed by atoms with E-state index in [1.165, 1.54) is 18.2 Å². The molecule has 0 radical (unpaired) electrons. The fraction of sp³-hybridized carbons (Fsp3) is 0.214. The van der Waals surface area contributed by atoms with Gasteiger partial charge in [0.15, 0.2) is 11.9 Å². The van der Waals surface area contributed by atoms with Crippen LogP contribution in [0.3, 0.4) is 0 Å². The minimum atomic E-state index is -4.89. The molecule has 4 aromatic rings. The van der Waals surface area contributed by atoms with E-state index in [0.717, 1.165) is 0 Å². The third-order valence-electron chi connectivity index (χ3n) is 6.00. The Morgan fingerprint density at radius 2 is 1.77 bits per heavy atom. The zero-order chi connectivity index (χ0) is 28.3. The van der Waals surface area contributed by atoms with Gasteiger partial charge in [0.2, 0.25) is 0 Å². The largest absolute Gasteiger partial charge is 0.573 e. The first-order chi connectivity index (χ1) is 18.5. The Hall–Kier alpha value is -3.50. The van der Waals surface area contributed by atoms with Crippen molar-refractivity contribution in [2.75, 3.05) is 0 Å². The van der Waals surface area contributed by atoms with Crippen LogP contribution in [0.2, 0.25) is 5.02 Å². The standard InChI is InChI=1S/C28H22BrClF3NO5/c1-2-24(27(36)37)38-19-5-3-4-16(12-19)15-34-22-13-20(39-28(31,32)33)10-11-21(22)25(23(34)14-29)26(35)17-6-8-18(30)9-7-17/h3-13,24H,2,14-15H2,1H3,(H,36,37). The van der Waals surface area contributed by atoms with Crippen LogP contribution >= 0.6 is 27.5 Å². The summed E-state index contributed by atoms with van der Waals surface area (Å²) in [6, 6.07) is 16.9. The topological polar surface area (TPSA) is 77.8 Å². The van der Waals surface area contributed by atoms with E-state index < -0.39 is 24.2 Å². The van der Waals surface area contributed by atoms with Crippen LogP contribution in [0.1, 0.15) is 40.5 Å². The lowest BCUT2D eigenvalue weighted by atomic mass is 10.0. The molecule has 1 atom stereocenters. The molecule has 1 heterocycles. The average Bonchev–Trinajstić information content (AvgIpc) is 3.18. The van der Waals surface area contributed by atoms with E-state index in [1.54, 1.807) is 60.0 Å². The van der Waals surface area contributed by atoms with Crippen LogP contribution in [0.25, 0.3) is 10.9 Å². The molecular formula is C28H22BrClF3NO5. The summed E-state index contributed by atoms with van der Waals surface area (Å²) in [6.07, 6.45) is -5.67. The second kappa shape index (κ2) is 11.7. The maximum Gasteiger partial charge on any atom is 0.573 e. The number of fused-ring (bicyclic) bond motifs is 1. The van der Waals surface area contributed by atoms with Crippen molar-refractivity contribution in [2.45, 2.75) is 37.7 Å². The Morgan fingerprint density at radius 3 is 2.38 bits per heavy atom. The molecule has 0 amide bonds. The van der Waals surface area contributed by atoms with Crippen molar-refractivity contribution in [1.29, 1.82) is 0 Å². The first kappa shape index (κ1) is 28.5. The summed E-state index contributed by atoms with van der Waals surface area (Å²) in [5, 5.41) is 10.5. The van der Waals surface area contributed by atoms with E-state index in [9.17, 15) is 27.9 Å². The van der Waals surface area contributed by atoms with Crippen molar-refractivity contribution in [2.24, 2.45) is 0 Å². The predicted molar refractivity (Wildman–Crippen MR) is 144 cm³/mol. The summed E-state index contributed by atoms with van der Waals surface area (Å²) < 4.78 is 50.5. The van der Waals surface area contributed by atoms with Crippen LogP contribution in [-0.4, -0.2) is 33.9 Å². The minimum absolute atomic E-state index is 0.155. The molecule has 1 unspecified atom stereocenters. The highest BCUT2D eigenvalue weighted by Gasteiger charge is 2.32. The summed E-state index contributed by atoms with van der Waals surface area (Å²) in [5.74, 6) is -1.51. The Labute approximate surface area is 235 Å². The number of carboxylic acids is 1. The molecule has 0 bridgehead atoms. The molecule has 6 nitrogen and oxygen atoms in total. The van der Waals surface area contributed by atoms with E-state index >= 15 is 0 Å². The molecule has 0 fully saturated rings. The summed E-state index contributed by atoms with van der Waals surface area (Å²) in [4.78, 5) is 25.0. The Morgan fingerprint density at radius 1 is 1.05 bits per heavy atom. The van der Waals surface area contributed by atoms with Gasteiger partial charge in [-0.2, -0.15) is 0 Å². The third kappa shape index (κ3) is 6.57. The zero-order valence-corrected chi connectivity index (χ0v) is 22.8. The van der Waals surface area contributed by atoms with Gasteiger partial charge in [-0.25, -0.2) is 4.79 Å². The van der Waals surface area contributed by atoms with Gasteiger partial charge in [0.1, 0.15) is 11.5 Å². The molecule has 3 aromatic carbocycles. The van der Waals surface area contributed by atoms with Gasteiger partial charge in [-0.1, -0.05) is 46.6 Å². The summed E-state index contributed by atoms with van der Waals surface area (Å²) >= 11 is 9.43. The predicted octanol–water partition coefficient (Wildman–Crippen LogP) is 7.61. The molecule has 0 aliphatic rings. The van der Waals surface area contributed by atoms with Crippen LogP contribution in [-0.2, 0) is 16.7 Å².